The second kappa shape index (κ2) is 9.01. The molecule has 7 rings (SSSR count). The van der Waals surface area contributed by atoms with Crippen LogP contribution in [0.25, 0.3) is 16.7 Å². The molecule has 3 aromatic rings. The van der Waals surface area contributed by atoms with Crippen LogP contribution in [0.1, 0.15) is 48.6 Å². The van der Waals surface area contributed by atoms with Crippen molar-refractivity contribution in [2.24, 2.45) is 0 Å². The zero-order valence-corrected chi connectivity index (χ0v) is 21.8. The Bertz CT molecular complexity index is 1310. The third-order valence-electron chi connectivity index (χ3n) is 9.05. The third kappa shape index (κ3) is 4.03. The maximum absolute atomic E-state index is 9.90. The molecule has 0 radical (unpaired) electrons. The lowest BCUT2D eigenvalue weighted by molar-refractivity contribution is -0.0375. The van der Waals surface area contributed by atoms with Crippen LogP contribution in [0, 0.1) is 13.8 Å². The Balaban J connectivity index is 1.18. The zero-order valence-electron chi connectivity index (χ0n) is 21.8. The van der Waals surface area contributed by atoms with Gasteiger partial charge in [-0.2, -0.15) is 5.10 Å². The van der Waals surface area contributed by atoms with Crippen molar-refractivity contribution in [2.45, 2.75) is 63.1 Å². The summed E-state index contributed by atoms with van der Waals surface area (Å²) in [6.07, 6.45) is 6.30. The Morgan fingerprint density at radius 3 is 2.62 bits per heavy atom. The van der Waals surface area contributed by atoms with Crippen LogP contribution in [0.4, 0.5) is 5.82 Å². The summed E-state index contributed by atoms with van der Waals surface area (Å²) in [6.45, 7) is 9.56. The van der Waals surface area contributed by atoms with E-state index >= 15 is 0 Å². The van der Waals surface area contributed by atoms with Gasteiger partial charge in [0.1, 0.15) is 17.2 Å². The third-order valence-corrected chi connectivity index (χ3v) is 9.05. The minimum absolute atomic E-state index is 0.0379. The van der Waals surface area contributed by atoms with Gasteiger partial charge < -0.3 is 19.5 Å². The lowest BCUT2D eigenvalue weighted by Crippen LogP contribution is -2.45. The van der Waals surface area contributed by atoms with Crippen molar-refractivity contribution < 1.29 is 14.6 Å². The highest BCUT2D eigenvalue weighted by atomic mass is 16.5. The molecule has 2 bridgehead atoms. The van der Waals surface area contributed by atoms with E-state index in [-0.39, 0.29) is 12.6 Å². The molecule has 1 N–H and O–H groups in total. The molecule has 4 aliphatic rings. The fourth-order valence-electron chi connectivity index (χ4n) is 7.00. The maximum atomic E-state index is 9.90. The van der Waals surface area contributed by atoms with Gasteiger partial charge in [-0.15, -0.1) is 0 Å². The molecule has 0 aliphatic carbocycles. The van der Waals surface area contributed by atoms with Gasteiger partial charge in [-0.25, -0.2) is 14.6 Å². The summed E-state index contributed by atoms with van der Waals surface area (Å²) in [6, 6.07) is 7.50. The molecule has 0 spiro atoms. The number of anilines is 1. The smallest absolute Gasteiger partial charge is 0.159 e. The van der Waals surface area contributed by atoms with Gasteiger partial charge >= 0.3 is 0 Å². The first-order valence-electron chi connectivity index (χ1n) is 13.7. The highest BCUT2D eigenvalue weighted by Crippen LogP contribution is 2.40. The summed E-state index contributed by atoms with van der Waals surface area (Å²) in [5, 5.41) is 15.8. The van der Waals surface area contributed by atoms with Crippen molar-refractivity contribution in [3.8, 4) is 5.82 Å². The number of nitrogens with zero attached hydrogens (tertiary/aromatic N) is 6. The van der Waals surface area contributed by atoms with Gasteiger partial charge in [0.2, 0.25) is 0 Å². The summed E-state index contributed by atoms with van der Waals surface area (Å²) in [5.41, 5.74) is 3.40. The number of likely N-dealkylation sites (tertiary alicyclic amines) is 1. The van der Waals surface area contributed by atoms with Gasteiger partial charge in [-0.1, -0.05) is 0 Å². The highest BCUT2D eigenvalue weighted by Gasteiger charge is 2.51. The van der Waals surface area contributed by atoms with E-state index in [1.54, 1.807) is 0 Å². The van der Waals surface area contributed by atoms with Gasteiger partial charge in [0.15, 0.2) is 5.82 Å². The van der Waals surface area contributed by atoms with Crippen LogP contribution in [-0.2, 0) is 9.47 Å². The Morgan fingerprint density at radius 2 is 1.86 bits per heavy atom. The molecule has 0 amide bonds. The number of hydrogen-bond donors (Lipinski definition) is 1. The summed E-state index contributed by atoms with van der Waals surface area (Å²) in [5.74, 6) is 2.94. The van der Waals surface area contributed by atoms with Crippen LogP contribution in [0.5, 0.6) is 0 Å². The topological polar surface area (TPSA) is 88.8 Å². The number of morpholine rings is 1. The van der Waals surface area contributed by atoms with E-state index in [1.165, 1.54) is 30.4 Å². The maximum Gasteiger partial charge on any atom is 0.159 e. The van der Waals surface area contributed by atoms with E-state index < -0.39 is 5.60 Å². The lowest BCUT2D eigenvalue weighted by Gasteiger charge is -2.36. The van der Waals surface area contributed by atoms with Gasteiger partial charge in [0.05, 0.1) is 44.1 Å². The Morgan fingerprint density at radius 1 is 1.03 bits per heavy atom. The largest absolute Gasteiger partial charge is 0.393 e. The van der Waals surface area contributed by atoms with Crippen LogP contribution in [0.15, 0.2) is 24.4 Å². The fraction of sp³-hybridized carbons (Fsp3) is 0.607. The average Bonchev–Trinajstić information content (AvgIpc) is 3.72. The standard InChI is InChI=1S/C28H36N6O3/c1-18-9-21-13-29-34(25(21)10-24(18)20-3-6-32(7-4-20)22-5-8-36-14-22)27-11-26(30-19(2)31-27)33-16-28(17-35)12-23(33)15-37-28/h9-11,13,20,22-23,35H,3-8,12,14-17H2,1-2H3/t22-,23-,28-/m0/s1. The molecule has 4 fully saturated rings. The number of ether oxygens (including phenoxy) is 2. The molecule has 0 saturated carbocycles. The fourth-order valence-corrected chi connectivity index (χ4v) is 7.00. The predicted molar refractivity (Wildman–Crippen MR) is 140 cm³/mol. The van der Waals surface area contributed by atoms with Crippen LogP contribution < -0.4 is 4.90 Å². The SMILES string of the molecule is Cc1nc(N2C[C@]3(CO)C[C@H]2CO3)cc(-n2ncc3cc(C)c(C4CCN([C@H]5CCOC5)CC4)cc32)n1. The molecular weight excluding hydrogens is 468 g/mol. The molecule has 4 saturated heterocycles. The van der Waals surface area contributed by atoms with Crippen LogP contribution in [0.3, 0.4) is 0 Å². The molecule has 9 nitrogen and oxygen atoms in total. The number of hydrogen-bond acceptors (Lipinski definition) is 8. The molecule has 196 valence electrons. The highest BCUT2D eigenvalue weighted by molar-refractivity contribution is 5.82. The molecular formula is C28H36N6O3. The minimum atomic E-state index is -0.463. The Hall–Kier alpha value is -2.59. The Kier molecular flexibility index (Phi) is 5.73. The first-order valence-corrected chi connectivity index (χ1v) is 13.7. The van der Waals surface area contributed by atoms with Crippen LogP contribution >= 0.6 is 0 Å². The molecule has 2 aromatic heterocycles. The monoisotopic (exact) mass is 504 g/mol. The van der Waals surface area contributed by atoms with Crippen molar-refractivity contribution in [3.05, 3.63) is 41.3 Å². The van der Waals surface area contributed by atoms with Crippen molar-refractivity contribution in [2.75, 3.05) is 51.0 Å². The van der Waals surface area contributed by atoms with E-state index in [0.717, 1.165) is 55.3 Å². The number of benzene rings is 1. The number of aryl methyl sites for hydroxylation is 2. The first kappa shape index (κ1) is 23.5. The van der Waals surface area contributed by atoms with Crippen LogP contribution in [0.2, 0.25) is 0 Å². The molecule has 4 aliphatic heterocycles. The van der Waals surface area contributed by atoms with Crippen molar-refractivity contribution in [3.63, 3.8) is 0 Å². The van der Waals surface area contributed by atoms with Crippen molar-refractivity contribution in [1.82, 2.24) is 24.6 Å². The van der Waals surface area contributed by atoms with Crippen molar-refractivity contribution in [1.29, 1.82) is 0 Å². The molecule has 9 heteroatoms. The average molecular weight is 505 g/mol. The lowest BCUT2D eigenvalue weighted by atomic mass is 9.86. The second-order valence-electron chi connectivity index (χ2n) is 11.4. The number of fused-ring (bicyclic) bond motifs is 3. The van der Waals surface area contributed by atoms with Gasteiger partial charge in [0, 0.05) is 30.5 Å². The number of piperidine rings is 1. The van der Waals surface area contributed by atoms with Gasteiger partial charge in [-0.3, -0.25) is 4.90 Å². The normalized spacial score (nSPS) is 28.7. The molecule has 3 atom stereocenters. The van der Waals surface area contributed by atoms with Crippen LogP contribution in [-0.4, -0.2) is 93.5 Å². The molecule has 37 heavy (non-hydrogen) atoms. The van der Waals surface area contributed by atoms with E-state index in [0.29, 0.717) is 30.9 Å². The molecule has 6 heterocycles. The second-order valence-corrected chi connectivity index (χ2v) is 11.4. The van der Waals surface area contributed by atoms with E-state index in [4.69, 9.17) is 24.5 Å². The van der Waals surface area contributed by atoms with E-state index in [2.05, 4.69) is 28.9 Å². The summed E-state index contributed by atoms with van der Waals surface area (Å²) >= 11 is 0. The summed E-state index contributed by atoms with van der Waals surface area (Å²) in [7, 11) is 0. The van der Waals surface area contributed by atoms with Gasteiger partial charge in [-0.05, 0) is 75.4 Å². The minimum Gasteiger partial charge on any atom is -0.393 e. The predicted octanol–water partition coefficient (Wildman–Crippen LogP) is 2.74. The molecule has 1 aromatic carbocycles. The number of aliphatic hydroxyl groups is 1. The number of rotatable bonds is 5. The number of aromatic nitrogens is 4. The summed E-state index contributed by atoms with van der Waals surface area (Å²) < 4.78 is 13.5. The van der Waals surface area contributed by atoms with Gasteiger partial charge in [0.25, 0.3) is 0 Å². The number of aliphatic hydroxyl groups excluding tert-OH is 1. The first-order chi connectivity index (χ1) is 18.0. The molecule has 0 unspecified atom stereocenters. The Labute approximate surface area is 217 Å². The van der Waals surface area contributed by atoms with E-state index in [1.807, 2.05) is 23.9 Å². The zero-order chi connectivity index (χ0) is 25.1. The van der Waals surface area contributed by atoms with E-state index in [9.17, 15) is 5.11 Å². The quantitative estimate of drug-likeness (QED) is 0.568. The van der Waals surface area contributed by atoms with Crippen molar-refractivity contribution >= 4 is 16.7 Å². The summed E-state index contributed by atoms with van der Waals surface area (Å²) in [4.78, 5) is 14.4.